The molecule has 9 aromatic rings. The average Bonchev–Trinajstić information content (AvgIpc) is 0.855. The summed E-state index contributed by atoms with van der Waals surface area (Å²) in [6, 6.07) is 33.8. The van der Waals surface area contributed by atoms with E-state index in [4.69, 9.17) is 91.4 Å². The maximum Gasteiger partial charge on any atom is 0.258 e. The fourth-order valence-corrected chi connectivity index (χ4v) is 10.6. The van der Waals surface area contributed by atoms with Gasteiger partial charge in [0.1, 0.15) is 40.7 Å². The van der Waals surface area contributed by atoms with Gasteiger partial charge in [-0.1, -0.05) is 99.4 Å². The number of hydrogen-bond acceptors (Lipinski definition) is 13. The molecule has 1 saturated heterocycles. The van der Waals surface area contributed by atoms with Crippen molar-refractivity contribution in [2.24, 2.45) is 16.8 Å². The fraction of sp³-hybridized carbons (Fsp3) is 0.130. The van der Waals surface area contributed by atoms with Crippen molar-refractivity contribution in [3.05, 3.63) is 262 Å². The Kier molecular flexibility index (Phi) is 24.8. The van der Waals surface area contributed by atoms with Gasteiger partial charge < -0.3 is 53.2 Å². The fourth-order valence-electron chi connectivity index (χ4n) is 9.77. The molecule has 0 bridgehead atoms. The molecule has 0 radical (unpaired) electrons. The molecule has 11 N–H and O–H groups in total. The number of piperidine rings is 1. The third-order valence-electron chi connectivity index (χ3n) is 15.1. The summed E-state index contributed by atoms with van der Waals surface area (Å²) in [5.74, 6) is -5.57. The Morgan fingerprint density at radius 3 is 1.09 bits per heavy atom. The summed E-state index contributed by atoms with van der Waals surface area (Å²) >= 11 is 35.5. The zero-order chi connectivity index (χ0) is 71.0. The van der Waals surface area contributed by atoms with Crippen molar-refractivity contribution in [1.82, 2.24) is 19.9 Å². The van der Waals surface area contributed by atoms with Crippen LogP contribution in [0.15, 0.2) is 169 Å². The summed E-state index contributed by atoms with van der Waals surface area (Å²) in [5.41, 5.74) is 6.65. The van der Waals surface area contributed by atoms with Crippen LogP contribution in [0.5, 0.6) is 0 Å². The van der Waals surface area contributed by atoms with Crippen molar-refractivity contribution in [2.75, 3.05) is 45.0 Å². The second-order valence-corrected chi connectivity index (χ2v) is 24.5. The standard InChI is InChI=1S/C25H22Cl2FN5O2.C24H19Cl2FN4O2.C20H14Cl2FN5O3/c26-16-5-8-21(19(13-16)25(35)32-22-9-6-17(27)14-30-22)31-24(34)18-7-4-15(12-20(18)28)23(29)33-10-2-1-3-11-33;25-15-5-8-20(18(11-15)24(33)31-21-9-6-16(26)12-29-21)30-23(32)17-7-4-14(10-19(17)27)22(28)13-2-1-3-13;21-11-2-5-16(14(8-11)20(30)27-17-6-3-12(22)9-25-17)26-19(29)13-4-1-10(7-15(13)23)18(24)28-31/h4-9,12-14,29H,1-3,10-11H2,(H,31,34)(H,30,32,35);4-13,28H,1-3H2,(H,30,32)(H,29,31,33);1-9,31H,(H2,24,28)(H,26,29)(H,25,27,30). The van der Waals surface area contributed by atoms with Crippen molar-refractivity contribution in [3.8, 4) is 0 Å². The number of rotatable bonds is 16. The molecular weight excluding hydrogens is 1410 g/mol. The first-order valence-corrected chi connectivity index (χ1v) is 32.1. The number of anilines is 6. The monoisotopic (exact) mass is 1460 g/mol. The molecule has 0 spiro atoms. The van der Waals surface area contributed by atoms with Gasteiger partial charge in [-0.15, -0.1) is 0 Å². The highest BCUT2D eigenvalue weighted by Crippen LogP contribution is 2.32. The van der Waals surface area contributed by atoms with Crippen molar-refractivity contribution in [2.45, 2.75) is 38.5 Å². The van der Waals surface area contributed by atoms with E-state index in [1.54, 1.807) is 30.3 Å². The van der Waals surface area contributed by atoms with Crippen LogP contribution in [0.2, 0.25) is 30.1 Å². The molecule has 6 aromatic carbocycles. The summed E-state index contributed by atoms with van der Waals surface area (Å²) in [6.45, 7) is 1.52. The SMILES string of the molecule is N=C(c1ccc(C(=O)Nc2ccc(Cl)cc2C(=O)Nc2ccc(Cl)cn2)c(F)c1)C1CCC1.N=C(c1ccc(C(=O)Nc2ccc(Cl)cc2C(=O)Nc2ccc(Cl)cn2)c(F)c1)N1CCCCC1.NC(=NO)c1ccc(C(=O)Nc2ccc(Cl)cc2C(=O)Nc2ccc(Cl)cn2)c(F)c1. The van der Waals surface area contributed by atoms with E-state index < -0.39 is 52.9 Å². The Hall–Kier alpha value is -10.5. The van der Waals surface area contributed by atoms with Crippen molar-refractivity contribution >= 4 is 157 Å². The van der Waals surface area contributed by atoms with Crippen LogP contribution < -0.4 is 37.6 Å². The molecule has 6 amide bonds. The number of halogens is 9. The van der Waals surface area contributed by atoms with Crippen LogP contribution in [0, 0.1) is 34.2 Å². The van der Waals surface area contributed by atoms with Gasteiger partial charge in [-0.3, -0.25) is 34.2 Å². The van der Waals surface area contributed by atoms with E-state index in [0.29, 0.717) is 31.9 Å². The van der Waals surface area contributed by atoms with Crippen LogP contribution >= 0.6 is 69.6 Å². The number of nitrogens with two attached hydrogens (primary N) is 1. The van der Waals surface area contributed by atoms with Crippen LogP contribution in [-0.2, 0) is 0 Å². The Bertz CT molecular complexity index is 4630. The third kappa shape index (κ3) is 19.4. The van der Waals surface area contributed by atoms with E-state index in [0.717, 1.165) is 57.7 Å². The number of carbonyl (C=O) groups is 6. The summed E-state index contributed by atoms with van der Waals surface area (Å²) in [7, 11) is 0. The minimum absolute atomic E-state index is 0.0336. The normalized spacial score (nSPS) is 12.6. The predicted molar refractivity (Wildman–Crippen MR) is 378 cm³/mol. The largest absolute Gasteiger partial charge is 0.409 e. The number of benzene rings is 6. The van der Waals surface area contributed by atoms with E-state index in [1.165, 1.54) is 128 Å². The molecule has 1 aliphatic carbocycles. The topological polar surface area (TPSA) is 323 Å². The van der Waals surface area contributed by atoms with Crippen LogP contribution in [0.1, 0.15) is 117 Å². The van der Waals surface area contributed by atoms with Gasteiger partial charge in [0.05, 0.1) is 65.5 Å². The van der Waals surface area contributed by atoms with Crippen LogP contribution in [0.3, 0.4) is 0 Å². The van der Waals surface area contributed by atoms with Gasteiger partial charge in [-0.25, -0.2) is 28.1 Å². The molecule has 506 valence electrons. The van der Waals surface area contributed by atoms with Gasteiger partial charge in [0.2, 0.25) is 0 Å². The zero-order valence-corrected chi connectivity index (χ0v) is 56.0. The van der Waals surface area contributed by atoms with E-state index in [2.05, 4.69) is 52.0 Å². The highest BCUT2D eigenvalue weighted by atomic mass is 35.5. The number of aromatic nitrogens is 3. The minimum Gasteiger partial charge on any atom is -0.409 e. The van der Waals surface area contributed by atoms with Gasteiger partial charge >= 0.3 is 0 Å². The molecule has 3 aromatic heterocycles. The highest BCUT2D eigenvalue weighted by molar-refractivity contribution is 6.33. The van der Waals surface area contributed by atoms with Gasteiger partial charge in [0.25, 0.3) is 35.4 Å². The lowest BCUT2D eigenvalue weighted by Crippen LogP contribution is -2.35. The molecule has 4 heterocycles. The molecule has 1 aliphatic heterocycles. The Morgan fingerprint density at radius 2 is 0.758 bits per heavy atom. The summed E-state index contributed by atoms with van der Waals surface area (Å²) in [6.07, 6.45) is 10.2. The predicted octanol–water partition coefficient (Wildman–Crippen LogP) is 16.2. The van der Waals surface area contributed by atoms with E-state index >= 15 is 0 Å². The van der Waals surface area contributed by atoms with Crippen LogP contribution in [0.25, 0.3) is 0 Å². The first kappa shape index (κ1) is 72.8. The summed E-state index contributed by atoms with van der Waals surface area (Å²) in [5, 5.41) is 45.5. The third-order valence-corrected chi connectivity index (χ3v) is 16.5. The number of amides is 6. The van der Waals surface area contributed by atoms with Crippen molar-refractivity contribution in [1.29, 1.82) is 10.8 Å². The van der Waals surface area contributed by atoms with Crippen molar-refractivity contribution in [3.63, 3.8) is 0 Å². The number of nitrogens with zero attached hydrogens (tertiary/aromatic N) is 5. The number of amidine groups is 2. The molecule has 2 fully saturated rings. The lowest BCUT2D eigenvalue weighted by molar-refractivity contribution is 0.100. The average molecular weight is 1460 g/mol. The molecular formula is C69H55Cl6F3N14O7. The van der Waals surface area contributed by atoms with Gasteiger partial charge in [0, 0.05) is 69.5 Å². The summed E-state index contributed by atoms with van der Waals surface area (Å²) < 4.78 is 44.0. The van der Waals surface area contributed by atoms with Crippen molar-refractivity contribution < 1.29 is 47.1 Å². The quantitative estimate of drug-likeness (QED) is 0.0187. The zero-order valence-electron chi connectivity index (χ0n) is 51.4. The summed E-state index contributed by atoms with van der Waals surface area (Å²) in [4.78, 5) is 90.4. The van der Waals surface area contributed by atoms with Gasteiger partial charge in [-0.05, 0) is 165 Å². The van der Waals surface area contributed by atoms with E-state index in [9.17, 15) is 41.9 Å². The number of pyridine rings is 3. The second kappa shape index (κ2) is 33.7. The number of carbonyl (C=O) groups excluding carboxylic acids is 6. The number of likely N-dealkylation sites (tertiary alicyclic amines) is 1. The lowest BCUT2D eigenvalue weighted by atomic mass is 9.79. The highest BCUT2D eigenvalue weighted by Gasteiger charge is 2.27. The van der Waals surface area contributed by atoms with Gasteiger partial charge in [0.15, 0.2) is 5.84 Å². The number of hydrogen-bond donors (Lipinski definition) is 10. The Balaban J connectivity index is 0.000000174. The van der Waals surface area contributed by atoms with E-state index in [-0.39, 0.29) is 106 Å². The molecule has 11 rings (SSSR count). The first-order valence-electron chi connectivity index (χ1n) is 29.8. The molecule has 99 heavy (non-hydrogen) atoms. The molecule has 2 aliphatic rings. The number of nitrogens with one attached hydrogen (secondary N) is 8. The maximum absolute atomic E-state index is 14.9. The molecule has 0 atom stereocenters. The molecule has 21 nitrogen and oxygen atoms in total. The maximum atomic E-state index is 14.9. The van der Waals surface area contributed by atoms with Crippen LogP contribution in [-0.4, -0.2) is 91.0 Å². The first-order chi connectivity index (χ1) is 47.4. The minimum atomic E-state index is -0.896. The Labute approximate surface area is 593 Å². The van der Waals surface area contributed by atoms with E-state index in [1.807, 2.05) is 4.90 Å². The smallest absolute Gasteiger partial charge is 0.258 e. The lowest BCUT2D eigenvalue weighted by Gasteiger charge is -2.29. The molecule has 30 heteroatoms. The molecule has 1 saturated carbocycles. The van der Waals surface area contributed by atoms with Crippen LogP contribution in [0.4, 0.5) is 47.7 Å². The molecule has 0 unspecified atom stereocenters. The number of oxime groups is 1. The van der Waals surface area contributed by atoms with Gasteiger partial charge in [-0.2, -0.15) is 0 Å². The second-order valence-electron chi connectivity index (χ2n) is 21.9. The Morgan fingerprint density at radius 1 is 0.424 bits per heavy atom.